The summed E-state index contributed by atoms with van der Waals surface area (Å²) < 4.78 is 12.0. The summed E-state index contributed by atoms with van der Waals surface area (Å²) in [4.78, 5) is 12.6. The van der Waals surface area contributed by atoms with E-state index >= 15 is 0 Å². The Balaban J connectivity index is 1.82. The minimum Gasteiger partial charge on any atom is -0.493 e. The van der Waals surface area contributed by atoms with E-state index in [4.69, 9.17) is 21.1 Å². The van der Waals surface area contributed by atoms with Crippen LogP contribution in [0.25, 0.3) is 6.08 Å². The molecule has 0 aliphatic rings. The van der Waals surface area contributed by atoms with Crippen LogP contribution in [0.4, 0.5) is 5.69 Å². The summed E-state index contributed by atoms with van der Waals surface area (Å²) in [5.74, 6) is 0.509. The molecular formula is C25H20BrClN2O3. The molecule has 7 heteroatoms. The van der Waals surface area contributed by atoms with Gasteiger partial charge in [0, 0.05) is 15.2 Å². The van der Waals surface area contributed by atoms with Gasteiger partial charge in [-0.25, -0.2) is 0 Å². The van der Waals surface area contributed by atoms with Gasteiger partial charge >= 0.3 is 0 Å². The molecule has 1 N–H and O–H groups in total. The second-order valence-corrected chi connectivity index (χ2v) is 8.17. The Bertz CT molecular complexity index is 1200. The van der Waals surface area contributed by atoms with Gasteiger partial charge in [-0.15, -0.1) is 0 Å². The number of amides is 1. The molecule has 0 unspecified atom stereocenters. The molecule has 0 aliphatic carbocycles. The fourth-order valence-electron chi connectivity index (χ4n) is 2.88. The Morgan fingerprint density at radius 2 is 1.88 bits per heavy atom. The van der Waals surface area contributed by atoms with Crippen LogP contribution in [0, 0.1) is 18.3 Å². The van der Waals surface area contributed by atoms with E-state index in [0.717, 1.165) is 11.1 Å². The summed E-state index contributed by atoms with van der Waals surface area (Å²) in [5, 5.41) is 13.0. The van der Waals surface area contributed by atoms with E-state index in [1.165, 1.54) is 13.2 Å². The van der Waals surface area contributed by atoms with Gasteiger partial charge in [0.25, 0.3) is 5.91 Å². The van der Waals surface area contributed by atoms with Crippen molar-refractivity contribution in [1.82, 2.24) is 0 Å². The fourth-order valence-corrected chi connectivity index (χ4v) is 3.45. The van der Waals surface area contributed by atoms with Crippen molar-refractivity contribution in [2.45, 2.75) is 13.5 Å². The standard InChI is InChI=1S/C25H20BrClN2O3/c1-16-5-3-4-6-22(16)29-25(30)19(14-28)11-18-12-23(31-2)24(13-21(18)26)32-15-17-7-9-20(27)10-8-17/h3-13H,15H2,1-2H3,(H,29,30)/b19-11-. The number of para-hydroxylation sites is 1. The Morgan fingerprint density at radius 3 is 2.53 bits per heavy atom. The maximum atomic E-state index is 12.6. The quantitative estimate of drug-likeness (QED) is 0.289. The summed E-state index contributed by atoms with van der Waals surface area (Å²) >= 11 is 9.41. The number of hydrogen-bond donors (Lipinski definition) is 1. The van der Waals surface area contributed by atoms with E-state index in [-0.39, 0.29) is 5.57 Å². The Labute approximate surface area is 200 Å². The predicted molar refractivity (Wildman–Crippen MR) is 130 cm³/mol. The molecule has 3 rings (SSSR count). The van der Waals surface area contributed by atoms with Crippen molar-refractivity contribution in [2.24, 2.45) is 0 Å². The lowest BCUT2D eigenvalue weighted by Gasteiger charge is -2.13. The molecule has 0 saturated carbocycles. The van der Waals surface area contributed by atoms with E-state index in [2.05, 4.69) is 21.2 Å². The zero-order valence-corrected chi connectivity index (χ0v) is 19.8. The first kappa shape index (κ1) is 23.4. The number of methoxy groups -OCH3 is 1. The molecular weight excluding hydrogens is 492 g/mol. The molecule has 162 valence electrons. The summed E-state index contributed by atoms with van der Waals surface area (Å²) in [7, 11) is 1.53. The molecule has 0 atom stereocenters. The van der Waals surface area contributed by atoms with Crippen molar-refractivity contribution in [3.63, 3.8) is 0 Å². The number of carbonyl (C=O) groups is 1. The number of nitriles is 1. The minimum atomic E-state index is -0.490. The average Bonchev–Trinajstić information content (AvgIpc) is 2.79. The zero-order chi connectivity index (χ0) is 23.1. The van der Waals surface area contributed by atoms with Crippen LogP contribution in [-0.2, 0) is 11.4 Å². The van der Waals surface area contributed by atoms with E-state index in [9.17, 15) is 10.1 Å². The third-order valence-corrected chi connectivity index (χ3v) is 5.59. The molecule has 0 heterocycles. The Morgan fingerprint density at radius 1 is 1.16 bits per heavy atom. The molecule has 0 bridgehead atoms. The number of nitrogens with zero attached hydrogens (tertiary/aromatic N) is 1. The predicted octanol–water partition coefficient (Wildman–Crippen LogP) is 6.54. The van der Waals surface area contributed by atoms with Crippen LogP contribution >= 0.6 is 27.5 Å². The van der Waals surface area contributed by atoms with E-state index in [1.807, 2.05) is 43.3 Å². The largest absolute Gasteiger partial charge is 0.493 e. The van der Waals surface area contributed by atoms with Crippen molar-refractivity contribution in [1.29, 1.82) is 5.26 Å². The molecule has 0 radical (unpaired) electrons. The Kier molecular flexibility index (Phi) is 7.93. The average molecular weight is 512 g/mol. The van der Waals surface area contributed by atoms with E-state index in [1.54, 1.807) is 30.3 Å². The molecule has 32 heavy (non-hydrogen) atoms. The highest BCUT2D eigenvalue weighted by molar-refractivity contribution is 9.10. The number of carbonyl (C=O) groups excluding carboxylic acids is 1. The highest BCUT2D eigenvalue weighted by Crippen LogP contribution is 2.35. The third kappa shape index (κ3) is 5.91. The molecule has 0 aliphatic heterocycles. The molecule has 3 aromatic carbocycles. The molecule has 3 aromatic rings. The maximum Gasteiger partial charge on any atom is 0.266 e. The molecule has 0 aromatic heterocycles. The van der Waals surface area contributed by atoms with E-state index < -0.39 is 5.91 Å². The van der Waals surface area contributed by atoms with Crippen LogP contribution in [0.3, 0.4) is 0 Å². The number of hydrogen-bond acceptors (Lipinski definition) is 4. The van der Waals surface area contributed by atoms with Gasteiger partial charge < -0.3 is 14.8 Å². The SMILES string of the molecule is COc1cc(/C=C(/C#N)C(=O)Nc2ccccc2C)c(Br)cc1OCc1ccc(Cl)cc1. The van der Waals surface area contributed by atoms with Crippen LogP contribution in [-0.4, -0.2) is 13.0 Å². The van der Waals surface area contributed by atoms with Gasteiger partial charge in [-0.3, -0.25) is 4.79 Å². The monoisotopic (exact) mass is 510 g/mol. The highest BCUT2D eigenvalue weighted by Gasteiger charge is 2.14. The van der Waals surface area contributed by atoms with Gasteiger partial charge in [0.1, 0.15) is 18.2 Å². The zero-order valence-electron chi connectivity index (χ0n) is 17.5. The molecule has 0 spiro atoms. The van der Waals surface area contributed by atoms with Gasteiger partial charge in [0.15, 0.2) is 11.5 Å². The van der Waals surface area contributed by atoms with Gasteiger partial charge in [-0.05, 0) is 60.0 Å². The van der Waals surface area contributed by atoms with Gasteiger partial charge in [0.2, 0.25) is 0 Å². The second-order valence-electron chi connectivity index (χ2n) is 6.88. The van der Waals surface area contributed by atoms with Crippen molar-refractivity contribution in [3.8, 4) is 17.6 Å². The maximum absolute atomic E-state index is 12.6. The van der Waals surface area contributed by atoms with Crippen molar-refractivity contribution in [3.05, 3.63) is 92.4 Å². The van der Waals surface area contributed by atoms with Gasteiger partial charge in [0.05, 0.1) is 7.11 Å². The first-order chi connectivity index (χ1) is 15.4. The second kappa shape index (κ2) is 10.9. The van der Waals surface area contributed by atoms with Gasteiger partial charge in [-0.1, -0.05) is 57.9 Å². The van der Waals surface area contributed by atoms with Crippen LogP contribution < -0.4 is 14.8 Å². The lowest BCUT2D eigenvalue weighted by molar-refractivity contribution is -0.112. The first-order valence-electron chi connectivity index (χ1n) is 9.65. The van der Waals surface area contributed by atoms with E-state index in [0.29, 0.717) is 38.9 Å². The minimum absolute atomic E-state index is 0.0363. The molecule has 0 saturated heterocycles. The third-order valence-electron chi connectivity index (χ3n) is 4.65. The fraction of sp³-hybridized carbons (Fsp3) is 0.120. The Hall–Kier alpha value is -3.27. The van der Waals surface area contributed by atoms with Crippen LogP contribution in [0.15, 0.2) is 70.7 Å². The number of rotatable bonds is 7. The number of aryl methyl sites for hydroxylation is 1. The van der Waals surface area contributed by atoms with Crippen LogP contribution in [0.5, 0.6) is 11.5 Å². The normalized spacial score (nSPS) is 10.9. The number of nitrogens with one attached hydrogen (secondary N) is 1. The summed E-state index contributed by atoms with van der Waals surface area (Å²) in [6.07, 6.45) is 1.50. The molecule has 5 nitrogen and oxygen atoms in total. The summed E-state index contributed by atoms with van der Waals surface area (Å²) in [5.41, 5.74) is 3.09. The topological polar surface area (TPSA) is 71.3 Å². The smallest absolute Gasteiger partial charge is 0.266 e. The highest BCUT2D eigenvalue weighted by atomic mass is 79.9. The molecule has 0 fully saturated rings. The number of halogens is 2. The van der Waals surface area contributed by atoms with Crippen molar-refractivity contribution < 1.29 is 14.3 Å². The number of ether oxygens (including phenoxy) is 2. The van der Waals surface area contributed by atoms with Crippen LogP contribution in [0.2, 0.25) is 5.02 Å². The molecule has 1 amide bonds. The summed E-state index contributed by atoms with van der Waals surface area (Å²) in [6.45, 7) is 2.22. The van der Waals surface area contributed by atoms with Crippen molar-refractivity contribution in [2.75, 3.05) is 12.4 Å². The first-order valence-corrected chi connectivity index (χ1v) is 10.8. The van der Waals surface area contributed by atoms with Crippen molar-refractivity contribution >= 4 is 45.2 Å². The lowest BCUT2D eigenvalue weighted by Crippen LogP contribution is -2.14. The lowest BCUT2D eigenvalue weighted by atomic mass is 10.1. The van der Waals surface area contributed by atoms with Gasteiger partial charge in [-0.2, -0.15) is 5.26 Å². The van der Waals surface area contributed by atoms with Crippen LogP contribution in [0.1, 0.15) is 16.7 Å². The number of benzene rings is 3. The summed E-state index contributed by atoms with van der Waals surface area (Å²) in [6, 6.07) is 20.2. The number of anilines is 1.